The number of hydrogen-bond donors (Lipinski definition) is 1. The van der Waals surface area contributed by atoms with Crippen LogP contribution >= 0.6 is 0 Å². The first-order valence-electron chi connectivity index (χ1n) is 11.7. The maximum Gasteiger partial charge on any atom is 0.334 e. The van der Waals surface area contributed by atoms with Crippen molar-refractivity contribution in [2.24, 2.45) is 0 Å². The zero-order chi connectivity index (χ0) is 25.5. The number of hydrogen-bond acceptors (Lipinski definition) is 5. The fourth-order valence-corrected chi connectivity index (χ4v) is 4.05. The lowest BCUT2D eigenvalue weighted by Gasteiger charge is -2.43. The number of carbonyl (C=O) groups excluding carboxylic acids is 3. The molecule has 2 atom stereocenters. The van der Waals surface area contributed by atoms with Crippen molar-refractivity contribution in [2.45, 2.75) is 25.1 Å². The van der Waals surface area contributed by atoms with Gasteiger partial charge in [-0.05, 0) is 35.8 Å². The number of amides is 2. The van der Waals surface area contributed by atoms with E-state index in [0.717, 1.165) is 11.1 Å². The van der Waals surface area contributed by atoms with Crippen molar-refractivity contribution in [3.05, 3.63) is 114 Å². The average molecular weight is 485 g/mol. The Hall–Kier alpha value is -4.39. The molecule has 1 aliphatic heterocycles. The van der Waals surface area contributed by atoms with Crippen LogP contribution in [0.2, 0.25) is 0 Å². The van der Waals surface area contributed by atoms with Gasteiger partial charge in [0.25, 0.3) is 5.91 Å². The zero-order valence-electron chi connectivity index (χ0n) is 20.0. The van der Waals surface area contributed by atoms with Crippen LogP contribution in [0.25, 0.3) is 0 Å². The van der Waals surface area contributed by atoms with Gasteiger partial charge in [-0.2, -0.15) is 0 Å². The van der Waals surface area contributed by atoms with Crippen molar-refractivity contribution in [1.29, 1.82) is 0 Å². The van der Waals surface area contributed by atoms with Gasteiger partial charge in [0.15, 0.2) is 18.8 Å². The highest BCUT2D eigenvalue weighted by atomic mass is 16.5. The second kappa shape index (κ2) is 11.4. The molecule has 3 aromatic carbocycles. The standard InChI is InChI=1S/C29H28N2O5/c1-20(2)26(29(34)36-27(21-12-6-3-7-13-21)22-14-8-4-9-15-22)31-18-24(28(31)33)30-25(32)19-35-23-16-10-5-11-17-23/h3-17,24,26-27H,1,18-19H2,2H3,(H,30,32). The summed E-state index contributed by atoms with van der Waals surface area (Å²) in [6.07, 6.45) is -0.635. The summed E-state index contributed by atoms with van der Waals surface area (Å²) >= 11 is 0. The number of rotatable bonds is 10. The van der Waals surface area contributed by atoms with Gasteiger partial charge < -0.3 is 19.7 Å². The summed E-state index contributed by atoms with van der Waals surface area (Å²) in [6.45, 7) is 5.55. The molecule has 0 radical (unpaired) electrons. The van der Waals surface area contributed by atoms with E-state index in [1.165, 1.54) is 4.90 Å². The Kier molecular flexibility index (Phi) is 7.80. The molecule has 1 N–H and O–H groups in total. The van der Waals surface area contributed by atoms with Crippen LogP contribution in [0.1, 0.15) is 24.2 Å². The minimum absolute atomic E-state index is 0.171. The van der Waals surface area contributed by atoms with Gasteiger partial charge in [0.05, 0.1) is 6.54 Å². The lowest BCUT2D eigenvalue weighted by molar-refractivity contribution is -0.163. The number of ether oxygens (including phenoxy) is 2. The first-order valence-corrected chi connectivity index (χ1v) is 11.7. The van der Waals surface area contributed by atoms with Crippen LogP contribution in [0.3, 0.4) is 0 Å². The molecule has 4 rings (SSSR count). The number of carbonyl (C=O) groups is 3. The molecule has 0 aromatic heterocycles. The van der Waals surface area contributed by atoms with E-state index in [9.17, 15) is 14.4 Å². The zero-order valence-corrected chi connectivity index (χ0v) is 20.0. The Bertz CT molecular complexity index is 1170. The topological polar surface area (TPSA) is 84.9 Å². The fourth-order valence-electron chi connectivity index (χ4n) is 4.05. The molecule has 2 amide bonds. The molecule has 2 unspecified atom stereocenters. The van der Waals surface area contributed by atoms with Crippen molar-refractivity contribution in [3.8, 4) is 5.75 Å². The SMILES string of the molecule is C=C(C)C(C(=O)OC(c1ccccc1)c1ccccc1)N1CC(NC(=O)COc2ccccc2)C1=O. The predicted octanol–water partition coefficient (Wildman–Crippen LogP) is 3.67. The third-order valence-corrected chi connectivity index (χ3v) is 5.85. The largest absolute Gasteiger partial charge is 0.484 e. The molecule has 7 nitrogen and oxygen atoms in total. The third-order valence-electron chi connectivity index (χ3n) is 5.85. The van der Waals surface area contributed by atoms with Gasteiger partial charge in [0, 0.05) is 0 Å². The van der Waals surface area contributed by atoms with E-state index in [0.29, 0.717) is 11.3 Å². The quantitative estimate of drug-likeness (QED) is 0.270. The van der Waals surface area contributed by atoms with Crippen molar-refractivity contribution in [1.82, 2.24) is 10.2 Å². The van der Waals surface area contributed by atoms with Gasteiger partial charge in [0.1, 0.15) is 11.8 Å². The second-order valence-electron chi connectivity index (χ2n) is 8.60. The molecule has 36 heavy (non-hydrogen) atoms. The molecule has 0 aliphatic carbocycles. The Morgan fingerprint density at radius 2 is 1.47 bits per heavy atom. The van der Waals surface area contributed by atoms with E-state index >= 15 is 0 Å². The molecule has 1 fully saturated rings. The summed E-state index contributed by atoms with van der Waals surface area (Å²) < 4.78 is 11.4. The highest BCUT2D eigenvalue weighted by Crippen LogP contribution is 2.29. The summed E-state index contributed by atoms with van der Waals surface area (Å²) in [5.74, 6) is -0.806. The van der Waals surface area contributed by atoms with Crippen LogP contribution in [0.5, 0.6) is 5.75 Å². The van der Waals surface area contributed by atoms with Crippen LogP contribution in [-0.2, 0) is 19.1 Å². The van der Waals surface area contributed by atoms with Crippen LogP contribution in [0.4, 0.5) is 0 Å². The smallest absolute Gasteiger partial charge is 0.334 e. The molecule has 1 aliphatic rings. The summed E-state index contributed by atoms with van der Waals surface area (Å²) in [6, 6.07) is 26.1. The van der Waals surface area contributed by atoms with Crippen LogP contribution in [0, 0.1) is 0 Å². The molecule has 1 saturated heterocycles. The van der Waals surface area contributed by atoms with Crippen molar-refractivity contribution < 1.29 is 23.9 Å². The Balaban J connectivity index is 1.39. The minimum Gasteiger partial charge on any atom is -0.484 e. The maximum atomic E-state index is 13.3. The minimum atomic E-state index is -0.957. The first kappa shape index (κ1) is 24.7. The molecule has 7 heteroatoms. The van der Waals surface area contributed by atoms with Crippen molar-refractivity contribution in [2.75, 3.05) is 13.2 Å². The van der Waals surface area contributed by atoms with Crippen LogP contribution < -0.4 is 10.1 Å². The number of nitrogens with zero attached hydrogens (tertiary/aromatic N) is 1. The van der Waals surface area contributed by atoms with E-state index in [1.807, 2.05) is 66.7 Å². The monoisotopic (exact) mass is 484 g/mol. The molecule has 0 spiro atoms. The Labute approximate surface area is 210 Å². The number of nitrogens with one attached hydrogen (secondary N) is 1. The maximum absolute atomic E-state index is 13.3. The highest BCUT2D eigenvalue weighted by Gasteiger charge is 2.45. The number of para-hydroxylation sites is 1. The van der Waals surface area contributed by atoms with Gasteiger partial charge in [-0.3, -0.25) is 9.59 Å². The van der Waals surface area contributed by atoms with Gasteiger partial charge in [-0.15, -0.1) is 0 Å². The van der Waals surface area contributed by atoms with Gasteiger partial charge >= 0.3 is 5.97 Å². The molecular weight excluding hydrogens is 456 g/mol. The molecular formula is C29H28N2O5. The van der Waals surface area contributed by atoms with Crippen LogP contribution in [0.15, 0.2) is 103 Å². The number of likely N-dealkylation sites (tertiary alicyclic amines) is 1. The molecule has 0 bridgehead atoms. The van der Waals surface area contributed by atoms with E-state index in [2.05, 4.69) is 11.9 Å². The Morgan fingerprint density at radius 1 is 0.944 bits per heavy atom. The first-order chi connectivity index (χ1) is 17.4. The lowest BCUT2D eigenvalue weighted by atomic mass is 9.98. The van der Waals surface area contributed by atoms with Gasteiger partial charge in [0.2, 0.25) is 5.91 Å². The summed E-state index contributed by atoms with van der Waals surface area (Å²) in [5, 5.41) is 2.65. The summed E-state index contributed by atoms with van der Waals surface area (Å²) in [7, 11) is 0. The van der Waals surface area contributed by atoms with Gasteiger partial charge in [-0.25, -0.2) is 4.79 Å². The molecule has 1 heterocycles. The van der Waals surface area contributed by atoms with Crippen LogP contribution in [-0.4, -0.2) is 47.9 Å². The predicted molar refractivity (Wildman–Crippen MR) is 135 cm³/mol. The second-order valence-corrected chi connectivity index (χ2v) is 8.60. The molecule has 184 valence electrons. The number of benzene rings is 3. The van der Waals surface area contributed by atoms with E-state index in [4.69, 9.17) is 9.47 Å². The fraction of sp³-hybridized carbons (Fsp3) is 0.207. The van der Waals surface area contributed by atoms with Gasteiger partial charge in [-0.1, -0.05) is 85.4 Å². The summed E-state index contributed by atoms with van der Waals surface area (Å²) in [5.41, 5.74) is 2.11. The van der Waals surface area contributed by atoms with E-state index < -0.39 is 30.1 Å². The van der Waals surface area contributed by atoms with Crippen molar-refractivity contribution >= 4 is 17.8 Å². The molecule has 3 aromatic rings. The Morgan fingerprint density at radius 3 is 1.97 bits per heavy atom. The van der Waals surface area contributed by atoms with E-state index in [1.54, 1.807) is 31.2 Å². The average Bonchev–Trinajstić information content (AvgIpc) is 2.91. The van der Waals surface area contributed by atoms with E-state index in [-0.39, 0.29) is 19.1 Å². The normalized spacial score (nSPS) is 15.6. The third kappa shape index (κ3) is 5.81. The lowest BCUT2D eigenvalue weighted by Crippen LogP contribution is -2.68. The number of esters is 1. The molecule has 0 saturated carbocycles. The van der Waals surface area contributed by atoms with Crippen molar-refractivity contribution in [3.63, 3.8) is 0 Å². The highest BCUT2D eigenvalue weighted by molar-refractivity contribution is 5.96. The summed E-state index contributed by atoms with van der Waals surface area (Å²) in [4.78, 5) is 39.8. The number of β-lactam (4-membered cyclic amide) rings is 1.